The van der Waals surface area contributed by atoms with Crippen molar-refractivity contribution in [1.82, 2.24) is 30.1 Å². The SMILES string of the molecule is Cc1cc(C)n2ncc(-c3noc(C(=O)NC[C@@H](O)c4ccccc4)n3)c2n1. The number of hydrogen-bond acceptors (Lipinski definition) is 7. The summed E-state index contributed by atoms with van der Waals surface area (Å²) in [4.78, 5) is 20.9. The van der Waals surface area contributed by atoms with Gasteiger partial charge in [0.1, 0.15) is 0 Å². The number of fused-ring (bicyclic) bond motifs is 1. The zero-order valence-electron chi connectivity index (χ0n) is 15.3. The first-order chi connectivity index (χ1) is 13.5. The molecule has 0 saturated heterocycles. The molecule has 1 atom stereocenters. The van der Waals surface area contributed by atoms with Crippen LogP contribution in [0.15, 0.2) is 47.1 Å². The Labute approximate surface area is 160 Å². The van der Waals surface area contributed by atoms with Gasteiger partial charge in [-0.3, -0.25) is 4.79 Å². The highest BCUT2D eigenvalue weighted by molar-refractivity contribution is 5.90. The number of carbonyl (C=O) groups is 1. The summed E-state index contributed by atoms with van der Waals surface area (Å²) in [5.41, 5.74) is 3.62. The second kappa shape index (κ2) is 7.20. The number of rotatable bonds is 5. The predicted octanol–water partition coefficient (Wildman–Crippen LogP) is 1.86. The molecule has 0 aliphatic heterocycles. The summed E-state index contributed by atoms with van der Waals surface area (Å²) in [5.74, 6) is -0.536. The molecule has 9 heteroatoms. The van der Waals surface area contributed by atoms with Crippen molar-refractivity contribution in [3.63, 3.8) is 0 Å². The number of nitrogens with one attached hydrogen (secondary N) is 1. The Hall–Kier alpha value is -3.59. The van der Waals surface area contributed by atoms with Gasteiger partial charge in [-0.25, -0.2) is 9.50 Å². The van der Waals surface area contributed by atoms with Crippen molar-refractivity contribution in [1.29, 1.82) is 0 Å². The Kier molecular flexibility index (Phi) is 4.58. The smallest absolute Gasteiger partial charge is 0.316 e. The summed E-state index contributed by atoms with van der Waals surface area (Å²) in [6.45, 7) is 3.83. The molecule has 3 aromatic heterocycles. The maximum atomic E-state index is 12.3. The fraction of sp³-hybridized carbons (Fsp3) is 0.211. The Morgan fingerprint density at radius 1 is 1.25 bits per heavy atom. The highest BCUT2D eigenvalue weighted by Crippen LogP contribution is 2.21. The minimum Gasteiger partial charge on any atom is -0.387 e. The Morgan fingerprint density at radius 3 is 2.82 bits per heavy atom. The van der Waals surface area contributed by atoms with Crippen LogP contribution in [0.4, 0.5) is 0 Å². The van der Waals surface area contributed by atoms with Crippen LogP contribution in [0.5, 0.6) is 0 Å². The Morgan fingerprint density at radius 2 is 2.04 bits per heavy atom. The minimum atomic E-state index is -0.831. The van der Waals surface area contributed by atoms with E-state index in [-0.39, 0.29) is 18.3 Å². The van der Waals surface area contributed by atoms with Gasteiger partial charge < -0.3 is 14.9 Å². The van der Waals surface area contributed by atoms with Crippen molar-refractivity contribution < 1.29 is 14.4 Å². The second-order valence-electron chi connectivity index (χ2n) is 6.39. The summed E-state index contributed by atoms with van der Waals surface area (Å²) >= 11 is 0. The van der Waals surface area contributed by atoms with Crippen LogP contribution < -0.4 is 5.32 Å². The Bertz CT molecular complexity index is 1140. The molecule has 1 aromatic carbocycles. The number of aryl methyl sites for hydroxylation is 2. The molecule has 0 saturated carbocycles. The van der Waals surface area contributed by atoms with Gasteiger partial charge in [-0.15, -0.1) is 0 Å². The fourth-order valence-corrected chi connectivity index (χ4v) is 2.91. The molecule has 28 heavy (non-hydrogen) atoms. The number of amides is 1. The molecule has 4 aromatic rings. The number of aliphatic hydroxyl groups is 1. The second-order valence-corrected chi connectivity index (χ2v) is 6.39. The van der Waals surface area contributed by atoms with Crippen LogP contribution in [-0.2, 0) is 0 Å². The molecule has 0 unspecified atom stereocenters. The highest BCUT2D eigenvalue weighted by atomic mass is 16.5. The largest absolute Gasteiger partial charge is 0.387 e. The molecule has 0 fully saturated rings. The van der Waals surface area contributed by atoms with E-state index in [2.05, 4.69) is 25.5 Å². The maximum absolute atomic E-state index is 12.3. The van der Waals surface area contributed by atoms with Crippen LogP contribution >= 0.6 is 0 Å². The van der Waals surface area contributed by atoms with Gasteiger partial charge in [-0.05, 0) is 25.5 Å². The monoisotopic (exact) mass is 378 g/mol. The first kappa shape index (κ1) is 17.8. The number of aromatic nitrogens is 5. The maximum Gasteiger partial charge on any atom is 0.316 e. The van der Waals surface area contributed by atoms with Gasteiger partial charge in [0, 0.05) is 17.9 Å². The molecular weight excluding hydrogens is 360 g/mol. The molecular formula is C19H18N6O3. The first-order valence-electron chi connectivity index (χ1n) is 8.70. The number of hydrogen-bond donors (Lipinski definition) is 2. The van der Waals surface area contributed by atoms with E-state index in [1.165, 1.54) is 0 Å². The van der Waals surface area contributed by atoms with Crippen molar-refractivity contribution in [2.75, 3.05) is 6.54 Å². The van der Waals surface area contributed by atoms with Crippen LogP contribution in [-0.4, -0.2) is 42.3 Å². The van der Waals surface area contributed by atoms with Crippen LogP contribution in [0.2, 0.25) is 0 Å². The van der Waals surface area contributed by atoms with E-state index >= 15 is 0 Å². The summed E-state index contributed by atoms with van der Waals surface area (Å²) in [6.07, 6.45) is 0.753. The number of carbonyl (C=O) groups excluding carboxylic acids is 1. The van der Waals surface area contributed by atoms with Crippen molar-refractivity contribution in [3.8, 4) is 11.4 Å². The summed E-state index contributed by atoms with van der Waals surface area (Å²) < 4.78 is 6.75. The van der Waals surface area contributed by atoms with Gasteiger partial charge in [-0.1, -0.05) is 35.5 Å². The third-order valence-corrected chi connectivity index (χ3v) is 4.28. The quantitative estimate of drug-likeness (QED) is 0.544. The lowest BCUT2D eigenvalue weighted by Crippen LogP contribution is -2.28. The third-order valence-electron chi connectivity index (χ3n) is 4.28. The number of aliphatic hydroxyl groups excluding tert-OH is 1. The number of nitrogens with zero attached hydrogens (tertiary/aromatic N) is 5. The van der Waals surface area contributed by atoms with Gasteiger partial charge in [0.25, 0.3) is 0 Å². The zero-order chi connectivity index (χ0) is 19.7. The fourth-order valence-electron chi connectivity index (χ4n) is 2.91. The third kappa shape index (κ3) is 3.35. The van der Waals surface area contributed by atoms with E-state index in [1.807, 2.05) is 38.1 Å². The number of benzene rings is 1. The first-order valence-corrected chi connectivity index (χ1v) is 8.70. The average molecular weight is 378 g/mol. The minimum absolute atomic E-state index is 0.0250. The molecule has 0 radical (unpaired) electrons. The van der Waals surface area contributed by atoms with Crippen LogP contribution in [0, 0.1) is 13.8 Å². The molecule has 0 aliphatic rings. The zero-order valence-corrected chi connectivity index (χ0v) is 15.3. The molecule has 9 nitrogen and oxygen atoms in total. The Balaban J connectivity index is 1.51. The molecule has 1 amide bonds. The lowest BCUT2D eigenvalue weighted by Gasteiger charge is -2.10. The van der Waals surface area contributed by atoms with E-state index < -0.39 is 12.0 Å². The molecule has 3 heterocycles. The molecule has 0 bridgehead atoms. The van der Waals surface area contributed by atoms with Gasteiger partial charge in [0.05, 0.1) is 17.9 Å². The average Bonchev–Trinajstić information content (AvgIpc) is 3.33. The summed E-state index contributed by atoms with van der Waals surface area (Å²) in [6, 6.07) is 11.0. The van der Waals surface area contributed by atoms with E-state index in [4.69, 9.17) is 4.52 Å². The van der Waals surface area contributed by atoms with Crippen molar-refractivity contribution >= 4 is 11.6 Å². The molecule has 142 valence electrons. The van der Waals surface area contributed by atoms with E-state index in [0.29, 0.717) is 16.8 Å². The van der Waals surface area contributed by atoms with Gasteiger partial charge in [-0.2, -0.15) is 10.1 Å². The van der Waals surface area contributed by atoms with E-state index in [1.54, 1.807) is 22.8 Å². The topological polar surface area (TPSA) is 118 Å². The van der Waals surface area contributed by atoms with E-state index in [9.17, 15) is 9.90 Å². The lowest BCUT2D eigenvalue weighted by atomic mass is 10.1. The highest BCUT2D eigenvalue weighted by Gasteiger charge is 2.20. The van der Waals surface area contributed by atoms with Crippen LogP contribution in [0.1, 0.15) is 33.7 Å². The van der Waals surface area contributed by atoms with Gasteiger partial charge in [0.15, 0.2) is 5.65 Å². The molecule has 0 spiro atoms. The predicted molar refractivity (Wildman–Crippen MR) is 99.5 cm³/mol. The standard InChI is InChI=1S/C19H18N6O3/c1-11-8-12(2)25-17(22-11)14(9-21-25)16-23-19(28-24-16)18(27)20-10-15(26)13-6-4-3-5-7-13/h3-9,15,26H,10H2,1-2H3,(H,20,27)/t15-/m1/s1. The van der Waals surface area contributed by atoms with Gasteiger partial charge >= 0.3 is 11.8 Å². The normalized spacial score (nSPS) is 12.2. The van der Waals surface area contributed by atoms with Crippen LogP contribution in [0.25, 0.3) is 17.0 Å². The molecule has 4 rings (SSSR count). The van der Waals surface area contributed by atoms with Crippen molar-refractivity contribution in [2.45, 2.75) is 20.0 Å². The summed E-state index contributed by atoms with van der Waals surface area (Å²) in [7, 11) is 0. The molecule has 0 aliphatic carbocycles. The lowest BCUT2D eigenvalue weighted by molar-refractivity contribution is 0.0873. The van der Waals surface area contributed by atoms with Gasteiger partial charge in [0.2, 0.25) is 5.82 Å². The van der Waals surface area contributed by atoms with E-state index in [0.717, 1.165) is 11.4 Å². The van der Waals surface area contributed by atoms with Crippen LogP contribution in [0.3, 0.4) is 0 Å². The molecule has 2 N–H and O–H groups in total. The van der Waals surface area contributed by atoms with Crippen molar-refractivity contribution in [2.24, 2.45) is 0 Å². The summed E-state index contributed by atoms with van der Waals surface area (Å²) in [5, 5.41) is 20.9. The van der Waals surface area contributed by atoms with Crippen molar-refractivity contribution in [3.05, 3.63) is 65.4 Å².